The number of benzene rings is 1. The number of ether oxygens (including phenoxy) is 2. The zero-order chi connectivity index (χ0) is 21.1. The van der Waals surface area contributed by atoms with Gasteiger partial charge in [0.05, 0.1) is 12.2 Å². The van der Waals surface area contributed by atoms with E-state index < -0.39 is 17.7 Å². The highest BCUT2D eigenvalue weighted by Crippen LogP contribution is 2.34. The van der Waals surface area contributed by atoms with Crippen LogP contribution in [0.15, 0.2) is 37.9 Å². The molecule has 0 fully saturated rings. The second-order valence-electron chi connectivity index (χ2n) is 6.91. The highest BCUT2D eigenvalue weighted by atomic mass is 16.6. The summed E-state index contributed by atoms with van der Waals surface area (Å²) >= 11 is 0. The molecule has 1 atom stereocenters. The first-order chi connectivity index (χ1) is 13.8. The fourth-order valence-corrected chi connectivity index (χ4v) is 2.85. The van der Waals surface area contributed by atoms with Crippen molar-refractivity contribution in [3.05, 3.63) is 45.8 Å². The molecule has 7 heteroatoms. The molecule has 1 N–H and O–H groups in total. The third kappa shape index (κ3) is 4.29. The minimum atomic E-state index is -0.756. The molecule has 0 aliphatic heterocycles. The number of esters is 1. The molecule has 3 aromatic rings. The lowest BCUT2D eigenvalue weighted by Gasteiger charge is -2.13. The predicted molar refractivity (Wildman–Crippen MR) is 107 cm³/mol. The zero-order valence-corrected chi connectivity index (χ0v) is 16.9. The summed E-state index contributed by atoms with van der Waals surface area (Å²) in [5.41, 5.74) is 0.438. The number of carbonyl (C=O) groups excluding carboxylic acids is 1. The van der Waals surface area contributed by atoms with Crippen LogP contribution in [0.1, 0.15) is 37.8 Å². The Balaban J connectivity index is 1.84. The first-order valence-corrected chi connectivity index (χ1v) is 9.52. The largest absolute Gasteiger partial charge is 0.507 e. The highest BCUT2D eigenvalue weighted by molar-refractivity contribution is 5.84. The second kappa shape index (κ2) is 8.43. The summed E-state index contributed by atoms with van der Waals surface area (Å²) in [5, 5.41) is 10.9. The van der Waals surface area contributed by atoms with E-state index in [1.54, 1.807) is 38.1 Å². The average Bonchev–Trinajstić information content (AvgIpc) is 3.12. The molecular formula is C22H24O7. The van der Waals surface area contributed by atoms with Crippen molar-refractivity contribution < 1.29 is 28.2 Å². The number of fused-ring (bicyclic) bond motifs is 1. The van der Waals surface area contributed by atoms with Crippen LogP contribution in [0.25, 0.3) is 22.5 Å². The van der Waals surface area contributed by atoms with Crippen molar-refractivity contribution in [1.82, 2.24) is 0 Å². The summed E-state index contributed by atoms with van der Waals surface area (Å²) in [7, 11) is 0. The van der Waals surface area contributed by atoms with Gasteiger partial charge in [-0.1, -0.05) is 13.3 Å². The molecule has 1 aromatic carbocycles. The van der Waals surface area contributed by atoms with Gasteiger partial charge in [-0.15, -0.1) is 0 Å². The molecule has 3 rings (SSSR count). The van der Waals surface area contributed by atoms with Gasteiger partial charge in [0.25, 0.3) is 0 Å². The van der Waals surface area contributed by atoms with Crippen LogP contribution in [0.3, 0.4) is 0 Å². The van der Waals surface area contributed by atoms with Crippen LogP contribution in [0.2, 0.25) is 0 Å². The molecule has 0 radical (unpaired) electrons. The summed E-state index contributed by atoms with van der Waals surface area (Å²) in [6.07, 6.45) is 0.996. The van der Waals surface area contributed by atoms with Crippen LogP contribution in [0.4, 0.5) is 0 Å². The normalized spacial score (nSPS) is 12.1. The summed E-state index contributed by atoms with van der Waals surface area (Å²) < 4.78 is 21.9. The van der Waals surface area contributed by atoms with Crippen molar-refractivity contribution in [3.8, 4) is 23.0 Å². The minimum absolute atomic E-state index is 0.115. The van der Waals surface area contributed by atoms with E-state index in [1.165, 1.54) is 6.92 Å². The fourth-order valence-electron chi connectivity index (χ4n) is 2.85. The van der Waals surface area contributed by atoms with Crippen molar-refractivity contribution in [1.29, 1.82) is 0 Å². The Morgan fingerprint density at radius 1 is 1.17 bits per heavy atom. The smallest absolute Gasteiger partial charge is 0.347 e. The molecule has 0 aliphatic carbocycles. The van der Waals surface area contributed by atoms with Gasteiger partial charge in [0.1, 0.15) is 17.1 Å². The van der Waals surface area contributed by atoms with Crippen molar-refractivity contribution in [2.75, 3.05) is 6.61 Å². The third-order valence-corrected chi connectivity index (χ3v) is 4.65. The molecule has 29 heavy (non-hydrogen) atoms. The number of aromatic hydroxyl groups is 1. The number of hydrogen-bond acceptors (Lipinski definition) is 7. The molecular weight excluding hydrogens is 376 g/mol. The van der Waals surface area contributed by atoms with Crippen LogP contribution in [0.5, 0.6) is 11.5 Å². The van der Waals surface area contributed by atoms with Gasteiger partial charge in [0.15, 0.2) is 17.6 Å². The topological polar surface area (TPSA) is 99.1 Å². The van der Waals surface area contributed by atoms with E-state index in [4.69, 9.17) is 18.3 Å². The first-order valence-electron chi connectivity index (χ1n) is 9.52. The zero-order valence-electron chi connectivity index (χ0n) is 16.9. The Morgan fingerprint density at radius 2 is 1.93 bits per heavy atom. The van der Waals surface area contributed by atoms with Gasteiger partial charge in [-0.2, -0.15) is 0 Å². The summed E-state index contributed by atoms with van der Waals surface area (Å²) in [6.45, 7) is 7.16. The maximum atomic E-state index is 12.0. The number of rotatable bonds is 7. The van der Waals surface area contributed by atoms with Gasteiger partial charge in [-0.05, 0) is 45.4 Å². The molecule has 1 unspecified atom stereocenters. The Hall–Kier alpha value is -3.22. The van der Waals surface area contributed by atoms with Gasteiger partial charge in [-0.3, -0.25) is 0 Å². The Kier molecular flexibility index (Phi) is 5.96. The number of carbonyl (C=O) groups is 1. The Morgan fingerprint density at radius 3 is 2.66 bits per heavy atom. The quantitative estimate of drug-likeness (QED) is 0.461. The van der Waals surface area contributed by atoms with Crippen LogP contribution in [-0.2, 0) is 9.53 Å². The fraction of sp³-hybridized carbons (Fsp3) is 0.364. The standard InChI is InChI=1S/C22H24O7/c1-5-6-9-26-22(25)14(4)27-16-8-7-15-10-18(28-17(15)11-16)20-12(2)19(23)13(3)21(24)29-20/h7-8,10-11,14,23H,5-6,9H2,1-4H3. The molecule has 2 aromatic heterocycles. The monoisotopic (exact) mass is 400 g/mol. The number of furan rings is 1. The Labute approximate surface area is 167 Å². The van der Waals surface area contributed by atoms with E-state index in [1.807, 2.05) is 6.92 Å². The van der Waals surface area contributed by atoms with Gasteiger partial charge in [0, 0.05) is 17.0 Å². The van der Waals surface area contributed by atoms with E-state index in [2.05, 4.69) is 0 Å². The molecule has 0 aliphatic rings. The SMILES string of the molecule is CCCCOC(=O)C(C)Oc1ccc2cc(-c3oc(=O)c(C)c(O)c3C)oc2c1. The summed E-state index contributed by atoms with van der Waals surface area (Å²) in [5.74, 6) is 0.393. The van der Waals surface area contributed by atoms with Gasteiger partial charge in [0.2, 0.25) is 0 Å². The lowest BCUT2D eigenvalue weighted by molar-refractivity contribution is -0.151. The van der Waals surface area contributed by atoms with Crippen molar-refractivity contribution in [2.45, 2.75) is 46.6 Å². The molecule has 2 heterocycles. The van der Waals surface area contributed by atoms with Gasteiger partial charge in [-0.25, -0.2) is 9.59 Å². The Bertz CT molecular complexity index is 1090. The van der Waals surface area contributed by atoms with Crippen LogP contribution in [-0.4, -0.2) is 23.8 Å². The maximum absolute atomic E-state index is 12.0. The van der Waals surface area contributed by atoms with E-state index >= 15 is 0 Å². The summed E-state index contributed by atoms with van der Waals surface area (Å²) in [4.78, 5) is 23.9. The average molecular weight is 400 g/mol. The molecule has 0 saturated carbocycles. The molecule has 0 amide bonds. The van der Waals surface area contributed by atoms with Crippen LogP contribution in [0, 0.1) is 13.8 Å². The van der Waals surface area contributed by atoms with E-state index in [9.17, 15) is 14.7 Å². The first kappa shape index (κ1) is 20.5. The molecule has 0 bridgehead atoms. The second-order valence-corrected chi connectivity index (χ2v) is 6.91. The lowest BCUT2D eigenvalue weighted by Crippen LogP contribution is -2.26. The third-order valence-electron chi connectivity index (χ3n) is 4.65. The molecule has 0 spiro atoms. The lowest BCUT2D eigenvalue weighted by atomic mass is 10.1. The van der Waals surface area contributed by atoms with Crippen molar-refractivity contribution >= 4 is 16.9 Å². The van der Waals surface area contributed by atoms with Crippen LogP contribution >= 0.6 is 0 Å². The molecule has 0 saturated heterocycles. The van der Waals surface area contributed by atoms with Gasteiger partial charge < -0.3 is 23.4 Å². The van der Waals surface area contributed by atoms with Crippen LogP contribution < -0.4 is 10.4 Å². The summed E-state index contributed by atoms with van der Waals surface area (Å²) in [6, 6.07) is 6.85. The minimum Gasteiger partial charge on any atom is -0.507 e. The highest BCUT2D eigenvalue weighted by Gasteiger charge is 2.19. The van der Waals surface area contributed by atoms with Crippen molar-refractivity contribution in [3.63, 3.8) is 0 Å². The van der Waals surface area contributed by atoms with E-state index in [0.717, 1.165) is 18.2 Å². The van der Waals surface area contributed by atoms with Gasteiger partial charge >= 0.3 is 11.6 Å². The number of hydrogen-bond donors (Lipinski definition) is 1. The van der Waals surface area contributed by atoms with Crippen molar-refractivity contribution in [2.24, 2.45) is 0 Å². The molecule has 7 nitrogen and oxygen atoms in total. The van der Waals surface area contributed by atoms with E-state index in [0.29, 0.717) is 29.3 Å². The number of unbranched alkanes of at least 4 members (excludes halogenated alkanes) is 1. The maximum Gasteiger partial charge on any atom is 0.347 e. The molecule has 154 valence electrons. The van der Waals surface area contributed by atoms with E-state index in [-0.39, 0.29) is 17.1 Å². The predicted octanol–water partition coefficient (Wildman–Crippen LogP) is 4.49.